The molecule has 0 fully saturated rings. The van der Waals surface area contributed by atoms with E-state index in [-0.39, 0.29) is 0 Å². The van der Waals surface area contributed by atoms with Gasteiger partial charge in [-0.3, -0.25) is 0 Å². The highest BCUT2D eigenvalue weighted by Crippen LogP contribution is 2.17. The topological polar surface area (TPSA) is 43.0 Å². The van der Waals surface area contributed by atoms with E-state index in [9.17, 15) is 0 Å². The highest BCUT2D eigenvalue weighted by Gasteiger charge is 2.10. The third-order valence-electron chi connectivity index (χ3n) is 3.25. The van der Waals surface area contributed by atoms with E-state index in [1.807, 2.05) is 13.0 Å². The Hall–Kier alpha value is -1.55. The molecule has 2 aromatic rings. The molecule has 1 N–H and O–H groups in total. The van der Waals surface area contributed by atoms with Crippen LogP contribution in [0.3, 0.4) is 0 Å². The zero-order chi connectivity index (χ0) is 13.7. The summed E-state index contributed by atoms with van der Waals surface area (Å²) >= 11 is 0. The smallest absolute Gasteiger partial charge is 0.133 e. The first-order valence-corrected chi connectivity index (χ1v) is 7.04. The molecule has 0 aliphatic heterocycles. The molecule has 0 saturated heterocycles. The molecule has 0 saturated carbocycles. The van der Waals surface area contributed by atoms with E-state index in [0.717, 1.165) is 37.4 Å². The lowest BCUT2D eigenvalue weighted by molar-refractivity contribution is 0.389. The fraction of sp³-hybridized carbons (Fsp3) is 0.533. The molecule has 2 rings (SSSR count). The zero-order valence-electron chi connectivity index (χ0n) is 12.0. The Labute approximate surface area is 114 Å². The molecule has 0 bridgehead atoms. The fourth-order valence-electron chi connectivity index (χ4n) is 2.26. The predicted molar refractivity (Wildman–Crippen MR) is 76.1 cm³/mol. The van der Waals surface area contributed by atoms with Gasteiger partial charge >= 0.3 is 0 Å². The third-order valence-corrected chi connectivity index (χ3v) is 3.25. The van der Waals surface area contributed by atoms with Gasteiger partial charge in [0.25, 0.3) is 0 Å². The van der Waals surface area contributed by atoms with Crippen molar-refractivity contribution in [3.05, 3.63) is 41.5 Å². The first kappa shape index (κ1) is 13.9. The van der Waals surface area contributed by atoms with Gasteiger partial charge in [0.15, 0.2) is 0 Å². The summed E-state index contributed by atoms with van der Waals surface area (Å²) in [7, 11) is 0. The highest BCUT2D eigenvalue weighted by molar-refractivity contribution is 5.16. The Morgan fingerprint density at radius 2 is 2.26 bits per heavy atom. The summed E-state index contributed by atoms with van der Waals surface area (Å²) in [6.07, 6.45) is 6.57. The maximum Gasteiger partial charge on any atom is 0.133 e. The Morgan fingerprint density at radius 3 is 2.89 bits per heavy atom. The van der Waals surface area contributed by atoms with Crippen molar-refractivity contribution in [2.24, 2.45) is 0 Å². The maximum absolute atomic E-state index is 5.09. The van der Waals surface area contributed by atoms with Gasteiger partial charge in [-0.1, -0.05) is 19.0 Å². The van der Waals surface area contributed by atoms with Crippen molar-refractivity contribution in [3.63, 3.8) is 0 Å². The lowest BCUT2D eigenvalue weighted by Crippen LogP contribution is -2.21. The molecule has 0 radical (unpaired) electrons. The second kappa shape index (κ2) is 6.57. The molecule has 4 nitrogen and oxygen atoms in total. The minimum atomic E-state index is 0.445. The summed E-state index contributed by atoms with van der Waals surface area (Å²) < 4.78 is 7.25. The minimum Gasteiger partial charge on any atom is -0.361 e. The molecule has 0 amide bonds. The Bertz CT molecular complexity index is 501. The third kappa shape index (κ3) is 3.70. The van der Waals surface area contributed by atoms with Gasteiger partial charge < -0.3 is 14.4 Å². The highest BCUT2D eigenvalue weighted by atomic mass is 16.5. The largest absolute Gasteiger partial charge is 0.361 e. The molecule has 0 aromatic carbocycles. The number of aryl methyl sites for hydroxylation is 1. The van der Waals surface area contributed by atoms with Crippen LogP contribution in [0.15, 0.2) is 29.0 Å². The second-order valence-electron chi connectivity index (χ2n) is 4.96. The molecule has 2 aromatic heterocycles. The molecule has 1 unspecified atom stereocenters. The summed E-state index contributed by atoms with van der Waals surface area (Å²) in [4.78, 5) is 0. The Kier molecular flexibility index (Phi) is 4.80. The summed E-state index contributed by atoms with van der Waals surface area (Å²) in [5.74, 6) is 0.860. The number of aromatic nitrogens is 2. The average molecular weight is 261 g/mol. The van der Waals surface area contributed by atoms with Crippen molar-refractivity contribution in [1.29, 1.82) is 0 Å². The molecule has 1 atom stereocenters. The van der Waals surface area contributed by atoms with Gasteiger partial charge in [-0.05, 0) is 37.9 Å². The quantitative estimate of drug-likeness (QED) is 0.831. The van der Waals surface area contributed by atoms with Gasteiger partial charge in [0.05, 0.1) is 6.54 Å². The molecule has 0 aliphatic carbocycles. The lowest BCUT2D eigenvalue weighted by Gasteiger charge is -2.14. The summed E-state index contributed by atoms with van der Waals surface area (Å²) in [5.41, 5.74) is 2.31. The van der Waals surface area contributed by atoms with Crippen LogP contribution in [0.2, 0.25) is 0 Å². The molecule has 2 heterocycles. The second-order valence-corrected chi connectivity index (χ2v) is 4.96. The molecule has 19 heavy (non-hydrogen) atoms. The van der Waals surface area contributed by atoms with Crippen molar-refractivity contribution < 1.29 is 4.52 Å². The SMILES string of the molecule is CCCNC(CC)c1ccn(Cc2cc(C)on2)c1. The van der Waals surface area contributed by atoms with E-state index in [4.69, 9.17) is 4.52 Å². The molecule has 104 valence electrons. The molecular weight excluding hydrogens is 238 g/mol. The van der Waals surface area contributed by atoms with Crippen LogP contribution in [0.25, 0.3) is 0 Å². The van der Waals surface area contributed by atoms with Crippen LogP contribution in [-0.4, -0.2) is 16.3 Å². The number of hydrogen-bond donors (Lipinski definition) is 1. The standard InChI is InChI=1S/C15H23N3O/c1-4-7-16-15(5-2)13-6-8-18(10-13)11-14-9-12(3)19-17-14/h6,8-10,15-16H,4-5,7,11H2,1-3H3. The van der Waals surface area contributed by atoms with Gasteiger partial charge in [-0.15, -0.1) is 0 Å². The summed E-state index contributed by atoms with van der Waals surface area (Å²) in [5, 5.41) is 7.59. The first-order valence-electron chi connectivity index (χ1n) is 7.04. The molecule has 0 aliphatic rings. The summed E-state index contributed by atoms with van der Waals surface area (Å²) in [6, 6.07) is 4.61. The van der Waals surface area contributed by atoms with Crippen molar-refractivity contribution in [2.45, 2.75) is 46.2 Å². The average Bonchev–Trinajstić information content (AvgIpc) is 3.01. The number of nitrogens with one attached hydrogen (secondary N) is 1. The van der Waals surface area contributed by atoms with Crippen LogP contribution in [0.5, 0.6) is 0 Å². The molecule has 4 heteroatoms. The maximum atomic E-state index is 5.09. The van der Waals surface area contributed by atoms with Gasteiger partial charge in [0.1, 0.15) is 11.5 Å². The fourth-order valence-corrected chi connectivity index (χ4v) is 2.26. The lowest BCUT2D eigenvalue weighted by atomic mass is 10.1. The van der Waals surface area contributed by atoms with Crippen LogP contribution >= 0.6 is 0 Å². The van der Waals surface area contributed by atoms with Gasteiger partial charge in [0.2, 0.25) is 0 Å². The van der Waals surface area contributed by atoms with E-state index in [1.165, 1.54) is 5.56 Å². The van der Waals surface area contributed by atoms with E-state index in [2.05, 4.69) is 47.3 Å². The van der Waals surface area contributed by atoms with Gasteiger partial charge in [0, 0.05) is 24.5 Å². The van der Waals surface area contributed by atoms with Crippen molar-refractivity contribution in [1.82, 2.24) is 15.0 Å². The number of hydrogen-bond acceptors (Lipinski definition) is 3. The first-order chi connectivity index (χ1) is 9.22. The van der Waals surface area contributed by atoms with Gasteiger partial charge in [-0.25, -0.2) is 0 Å². The molecular formula is C15H23N3O. The Morgan fingerprint density at radius 1 is 1.42 bits per heavy atom. The zero-order valence-corrected chi connectivity index (χ0v) is 12.0. The van der Waals surface area contributed by atoms with E-state index < -0.39 is 0 Å². The minimum absolute atomic E-state index is 0.445. The van der Waals surface area contributed by atoms with Crippen LogP contribution in [-0.2, 0) is 6.54 Å². The predicted octanol–water partition coefficient (Wildman–Crippen LogP) is 3.28. The number of nitrogens with zero attached hydrogens (tertiary/aromatic N) is 2. The van der Waals surface area contributed by atoms with Crippen LogP contribution in [0, 0.1) is 6.92 Å². The molecule has 0 spiro atoms. The normalized spacial score (nSPS) is 12.8. The van der Waals surface area contributed by atoms with E-state index in [0.29, 0.717) is 6.04 Å². The van der Waals surface area contributed by atoms with Crippen LogP contribution in [0.1, 0.15) is 49.7 Å². The van der Waals surface area contributed by atoms with Crippen LogP contribution in [0.4, 0.5) is 0 Å². The van der Waals surface area contributed by atoms with Crippen molar-refractivity contribution >= 4 is 0 Å². The van der Waals surface area contributed by atoms with Crippen molar-refractivity contribution in [2.75, 3.05) is 6.54 Å². The van der Waals surface area contributed by atoms with Crippen molar-refractivity contribution in [3.8, 4) is 0 Å². The number of rotatable bonds is 7. The van der Waals surface area contributed by atoms with E-state index >= 15 is 0 Å². The van der Waals surface area contributed by atoms with Crippen LogP contribution < -0.4 is 5.32 Å². The van der Waals surface area contributed by atoms with E-state index in [1.54, 1.807) is 0 Å². The summed E-state index contributed by atoms with van der Waals surface area (Å²) in [6.45, 7) is 8.15. The van der Waals surface area contributed by atoms with Gasteiger partial charge in [-0.2, -0.15) is 0 Å². The monoisotopic (exact) mass is 261 g/mol. The Balaban J connectivity index is 2.01.